The van der Waals surface area contributed by atoms with Crippen LogP contribution in [0.1, 0.15) is 16.5 Å². The highest BCUT2D eigenvalue weighted by Gasteiger charge is 2.19. The van der Waals surface area contributed by atoms with Gasteiger partial charge in [0.05, 0.1) is 22.7 Å². The fourth-order valence-corrected chi connectivity index (χ4v) is 3.58. The lowest BCUT2D eigenvalue weighted by molar-refractivity contribution is 0.537. The van der Waals surface area contributed by atoms with Crippen molar-refractivity contribution in [3.05, 3.63) is 55.2 Å². The van der Waals surface area contributed by atoms with Gasteiger partial charge in [-0.05, 0) is 39.7 Å². The van der Waals surface area contributed by atoms with Gasteiger partial charge in [-0.25, -0.2) is 4.79 Å². The first kappa shape index (κ1) is 13.0. The molecular weight excluding hydrogens is 399 g/mol. The Kier molecular flexibility index (Phi) is 3.32. The first-order valence-electron chi connectivity index (χ1n) is 5.34. The number of hydrogen-bond donors (Lipinski definition) is 2. The summed E-state index contributed by atoms with van der Waals surface area (Å²) in [5.74, 6) is 0. The molecule has 7 heteroatoms. The predicted octanol–water partition coefficient (Wildman–Crippen LogP) is 4.30. The first-order chi connectivity index (χ1) is 9.06. The van der Waals surface area contributed by atoms with Crippen LogP contribution in [0.15, 0.2) is 42.8 Å². The molecule has 0 radical (unpaired) electrons. The van der Waals surface area contributed by atoms with Gasteiger partial charge in [0.15, 0.2) is 4.67 Å². The molecule has 19 heavy (non-hydrogen) atoms. The predicted molar refractivity (Wildman–Crippen MR) is 80.7 cm³/mol. The molecular formula is C12H7Br2ClN2O2. The molecule has 0 spiro atoms. The lowest BCUT2D eigenvalue weighted by Crippen LogP contribution is -1.99. The monoisotopic (exact) mass is 404 g/mol. The molecule has 2 heterocycles. The van der Waals surface area contributed by atoms with Crippen LogP contribution in [0.4, 0.5) is 0 Å². The average Bonchev–Trinajstić information content (AvgIpc) is 2.92. The van der Waals surface area contributed by atoms with E-state index in [0.29, 0.717) is 10.2 Å². The van der Waals surface area contributed by atoms with Gasteiger partial charge in [-0.1, -0.05) is 15.9 Å². The van der Waals surface area contributed by atoms with E-state index >= 15 is 0 Å². The van der Waals surface area contributed by atoms with E-state index in [1.165, 1.54) is 0 Å². The third-order valence-electron chi connectivity index (χ3n) is 2.83. The molecule has 0 aliphatic rings. The van der Waals surface area contributed by atoms with Gasteiger partial charge in [-0.3, -0.25) is 0 Å². The van der Waals surface area contributed by atoms with Crippen molar-refractivity contribution in [3.63, 3.8) is 0 Å². The third-order valence-corrected chi connectivity index (χ3v) is 4.63. The molecule has 0 saturated carbocycles. The number of benzene rings is 1. The SMILES string of the molecule is O=c1[nH]c2cc(Br)c(C(Cl)c3ccoc3Br)cc2[nH]1. The smallest absolute Gasteiger partial charge is 0.323 e. The van der Waals surface area contributed by atoms with Gasteiger partial charge in [0, 0.05) is 10.0 Å². The molecule has 0 fully saturated rings. The van der Waals surface area contributed by atoms with E-state index in [1.807, 2.05) is 12.1 Å². The summed E-state index contributed by atoms with van der Waals surface area (Å²) in [6, 6.07) is 5.47. The van der Waals surface area contributed by atoms with E-state index in [1.54, 1.807) is 12.3 Å². The molecule has 3 aromatic rings. The molecule has 1 atom stereocenters. The fourth-order valence-electron chi connectivity index (χ4n) is 1.92. The lowest BCUT2D eigenvalue weighted by atomic mass is 10.1. The highest BCUT2D eigenvalue weighted by molar-refractivity contribution is 9.10. The number of rotatable bonds is 2. The van der Waals surface area contributed by atoms with Crippen LogP contribution in [-0.2, 0) is 0 Å². The van der Waals surface area contributed by atoms with Gasteiger partial charge >= 0.3 is 5.69 Å². The Labute approximate surface area is 129 Å². The van der Waals surface area contributed by atoms with E-state index in [-0.39, 0.29) is 11.1 Å². The highest BCUT2D eigenvalue weighted by Crippen LogP contribution is 2.38. The van der Waals surface area contributed by atoms with Crippen LogP contribution in [0.25, 0.3) is 11.0 Å². The van der Waals surface area contributed by atoms with Gasteiger partial charge in [-0.15, -0.1) is 11.6 Å². The summed E-state index contributed by atoms with van der Waals surface area (Å²) in [6.07, 6.45) is 1.57. The number of fused-ring (bicyclic) bond motifs is 1. The number of nitrogens with one attached hydrogen (secondary N) is 2. The molecule has 2 N–H and O–H groups in total. The van der Waals surface area contributed by atoms with Crippen molar-refractivity contribution >= 4 is 54.5 Å². The molecule has 0 amide bonds. The molecule has 0 aliphatic heterocycles. The first-order valence-corrected chi connectivity index (χ1v) is 7.37. The largest absolute Gasteiger partial charge is 0.457 e. The standard InChI is InChI=1S/C12H7Br2ClN2O2/c13-7-4-9-8(16-12(18)17-9)3-6(7)10(15)5-1-2-19-11(5)14/h1-4,10H,(H2,16,17,18). The zero-order chi connectivity index (χ0) is 13.6. The quantitative estimate of drug-likeness (QED) is 0.624. The molecule has 3 rings (SSSR count). The van der Waals surface area contributed by atoms with Crippen molar-refractivity contribution in [3.8, 4) is 0 Å². The van der Waals surface area contributed by atoms with Crippen molar-refractivity contribution in [1.29, 1.82) is 0 Å². The van der Waals surface area contributed by atoms with Crippen molar-refractivity contribution in [2.24, 2.45) is 0 Å². The number of halogens is 3. The van der Waals surface area contributed by atoms with Crippen LogP contribution in [0.2, 0.25) is 0 Å². The summed E-state index contributed by atoms with van der Waals surface area (Å²) in [4.78, 5) is 16.7. The Morgan fingerprint density at radius 1 is 1.16 bits per heavy atom. The van der Waals surface area contributed by atoms with Crippen molar-refractivity contribution in [1.82, 2.24) is 9.97 Å². The number of imidazole rings is 1. The summed E-state index contributed by atoms with van der Waals surface area (Å²) in [6.45, 7) is 0. The Morgan fingerprint density at radius 3 is 2.47 bits per heavy atom. The summed E-state index contributed by atoms with van der Waals surface area (Å²) in [5.41, 5.74) is 2.89. The van der Waals surface area contributed by atoms with Crippen molar-refractivity contribution in [2.75, 3.05) is 0 Å². The van der Waals surface area contributed by atoms with E-state index in [9.17, 15) is 4.79 Å². The van der Waals surface area contributed by atoms with E-state index in [2.05, 4.69) is 41.8 Å². The summed E-state index contributed by atoms with van der Waals surface area (Å²) in [7, 11) is 0. The van der Waals surface area contributed by atoms with Crippen LogP contribution >= 0.6 is 43.5 Å². The lowest BCUT2D eigenvalue weighted by Gasteiger charge is -2.11. The second-order valence-corrected chi connectivity index (χ2v) is 6.02. The maximum absolute atomic E-state index is 11.3. The third kappa shape index (κ3) is 2.28. The average molecular weight is 406 g/mol. The maximum Gasteiger partial charge on any atom is 0.323 e. The second kappa shape index (κ2) is 4.85. The number of aromatic amines is 2. The Hall–Kier alpha value is -0.980. The van der Waals surface area contributed by atoms with Crippen LogP contribution < -0.4 is 5.69 Å². The summed E-state index contributed by atoms with van der Waals surface area (Å²) < 4.78 is 6.61. The zero-order valence-corrected chi connectivity index (χ0v) is 13.3. The Morgan fingerprint density at radius 2 is 1.84 bits per heavy atom. The van der Waals surface area contributed by atoms with Gasteiger partial charge in [-0.2, -0.15) is 0 Å². The molecule has 98 valence electrons. The topological polar surface area (TPSA) is 61.8 Å². The minimum Gasteiger partial charge on any atom is -0.457 e. The molecule has 0 saturated heterocycles. The van der Waals surface area contributed by atoms with Crippen LogP contribution in [0, 0.1) is 0 Å². The van der Waals surface area contributed by atoms with E-state index in [4.69, 9.17) is 16.0 Å². The van der Waals surface area contributed by atoms with Crippen LogP contribution in [-0.4, -0.2) is 9.97 Å². The fraction of sp³-hybridized carbons (Fsp3) is 0.0833. The number of furan rings is 1. The molecule has 1 unspecified atom stereocenters. The van der Waals surface area contributed by atoms with Gasteiger partial charge in [0.25, 0.3) is 0 Å². The molecule has 1 aromatic carbocycles. The number of alkyl halides is 1. The second-order valence-electron chi connectivity index (χ2n) is 4.01. The van der Waals surface area contributed by atoms with Gasteiger partial charge in [0.2, 0.25) is 0 Å². The summed E-state index contributed by atoms with van der Waals surface area (Å²) in [5, 5.41) is -0.384. The van der Waals surface area contributed by atoms with Gasteiger partial charge < -0.3 is 14.4 Å². The Bertz CT molecular complexity index is 806. The van der Waals surface area contributed by atoms with Crippen molar-refractivity contribution < 1.29 is 4.42 Å². The van der Waals surface area contributed by atoms with Gasteiger partial charge in [0.1, 0.15) is 0 Å². The highest BCUT2D eigenvalue weighted by atomic mass is 79.9. The minimum absolute atomic E-state index is 0.241. The molecule has 0 bridgehead atoms. The number of H-pyrrole nitrogens is 2. The van der Waals surface area contributed by atoms with E-state index in [0.717, 1.165) is 21.1 Å². The normalized spacial score (nSPS) is 13.0. The minimum atomic E-state index is -0.384. The Balaban J connectivity index is 2.16. The number of aromatic nitrogens is 2. The van der Waals surface area contributed by atoms with Crippen LogP contribution in [0.3, 0.4) is 0 Å². The summed E-state index contributed by atoms with van der Waals surface area (Å²) >= 11 is 13.3. The molecule has 2 aromatic heterocycles. The van der Waals surface area contributed by atoms with Crippen molar-refractivity contribution in [2.45, 2.75) is 5.38 Å². The van der Waals surface area contributed by atoms with E-state index < -0.39 is 0 Å². The molecule has 4 nitrogen and oxygen atoms in total. The zero-order valence-electron chi connectivity index (χ0n) is 9.34. The molecule has 0 aliphatic carbocycles. The maximum atomic E-state index is 11.3. The number of hydrogen-bond acceptors (Lipinski definition) is 2. The van der Waals surface area contributed by atoms with Crippen LogP contribution in [0.5, 0.6) is 0 Å².